The number of aromatic nitrogens is 3. The van der Waals surface area contributed by atoms with E-state index in [4.69, 9.17) is 5.73 Å². The summed E-state index contributed by atoms with van der Waals surface area (Å²) in [6.07, 6.45) is 1.99. The van der Waals surface area contributed by atoms with Crippen LogP contribution in [0.5, 0.6) is 0 Å². The highest BCUT2D eigenvalue weighted by Gasteiger charge is 2.13. The molecular weight excluding hydrogens is 287 g/mol. The van der Waals surface area contributed by atoms with Crippen LogP contribution in [0.2, 0.25) is 0 Å². The lowest BCUT2D eigenvalue weighted by molar-refractivity contribution is 0.581. The van der Waals surface area contributed by atoms with E-state index >= 15 is 0 Å². The molecule has 2 aromatic rings. The van der Waals surface area contributed by atoms with Gasteiger partial charge in [0, 0.05) is 11.5 Å². The molecule has 1 unspecified atom stereocenters. The summed E-state index contributed by atoms with van der Waals surface area (Å²) in [7, 11) is 1.72. The average molecular weight is 299 g/mol. The molecule has 0 aliphatic carbocycles. The number of hydrogen-bond donors (Lipinski definition) is 1. The molecular formula is C11H12BrFN4. The number of benzene rings is 1. The van der Waals surface area contributed by atoms with Crippen LogP contribution in [-0.2, 0) is 13.5 Å². The van der Waals surface area contributed by atoms with Crippen molar-refractivity contribution in [2.45, 2.75) is 12.5 Å². The Bertz CT molecular complexity index is 526. The van der Waals surface area contributed by atoms with E-state index in [9.17, 15) is 4.39 Å². The molecule has 4 nitrogen and oxygen atoms in total. The van der Waals surface area contributed by atoms with Gasteiger partial charge in [-0.2, -0.15) is 15.0 Å². The second-order valence-corrected chi connectivity index (χ2v) is 4.72. The molecule has 0 saturated carbocycles. The molecule has 0 aliphatic heterocycles. The average Bonchev–Trinajstić information content (AvgIpc) is 2.70. The van der Waals surface area contributed by atoms with E-state index in [1.54, 1.807) is 25.4 Å². The van der Waals surface area contributed by atoms with Gasteiger partial charge < -0.3 is 5.73 Å². The van der Waals surface area contributed by atoms with Crippen LogP contribution in [0, 0.1) is 5.82 Å². The smallest absolute Gasteiger partial charge is 0.126 e. The predicted octanol–water partition coefficient (Wildman–Crippen LogP) is 1.96. The fourth-order valence-corrected chi connectivity index (χ4v) is 1.98. The Kier molecular flexibility index (Phi) is 3.54. The van der Waals surface area contributed by atoms with Crippen molar-refractivity contribution >= 4 is 15.9 Å². The van der Waals surface area contributed by atoms with Crippen LogP contribution >= 0.6 is 15.9 Å². The van der Waals surface area contributed by atoms with Crippen LogP contribution in [0.25, 0.3) is 0 Å². The van der Waals surface area contributed by atoms with Crippen LogP contribution in [-0.4, -0.2) is 15.0 Å². The van der Waals surface area contributed by atoms with E-state index in [0.717, 1.165) is 4.47 Å². The highest BCUT2D eigenvalue weighted by Crippen LogP contribution is 2.20. The van der Waals surface area contributed by atoms with Gasteiger partial charge in [0.25, 0.3) is 0 Å². The van der Waals surface area contributed by atoms with Crippen LogP contribution < -0.4 is 5.73 Å². The van der Waals surface area contributed by atoms with Gasteiger partial charge in [0.1, 0.15) is 5.82 Å². The highest BCUT2D eigenvalue weighted by molar-refractivity contribution is 9.10. The minimum Gasteiger partial charge on any atom is -0.322 e. The number of nitrogens with two attached hydrogens (primary N) is 1. The third-order valence-corrected chi connectivity index (χ3v) is 2.94. The van der Waals surface area contributed by atoms with Crippen molar-refractivity contribution in [3.05, 3.63) is 45.9 Å². The molecule has 2 N–H and O–H groups in total. The molecule has 90 valence electrons. The second kappa shape index (κ2) is 4.93. The molecule has 1 atom stereocenters. The maximum atomic E-state index is 13.5. The van der Waals surface area contributed by atoms with E-state index in [1.807, 2.05) is 0 Å². The monoisotopic (exact) mass is 298 g/mol. The van der Waals surface area contributed by atoms with Gasteiger partial charge >= 0.3 is 0 Å². The molecule has 17 heavy (non-hydrogen) atoms. The first-order valence-corrected chi connectivity index (χ1v) is 5.91. The largest absolute Gasteiger partial charge is 0.322 e. The molecule has 1 aromatic heterocycles. The van der Waals surface area contributed by atoms with Crippen molar-refractivity contribution in [2.75, 3.05) is 0 Å². The molecule has 0 saturated heterocycles. The zero-order chi connectivity index (χ0) is 12.4. The molecule has 6 heteroatoms. The molecule has 2 rings (SSSR count). The molecule has 0 aliphatic rings. The van der Waals surface area contributed by atoms with Crippen molar-refractivity contribution in [2.24, 2.45) is 12.8 Å². The number of nitrogens with zero attached hydrogens (tertiary/aromatic N) is 3. The first-order chi connectivity index (χ1) is 8.06. The fourth-order valence-electron chi connectivity index (χ4n) is 1.57. The lowest BCUT2D eigenvalue weighted by Gasteiger charge is -2.09. The van der Waals surface area contributed by atoms with E-state index < -0.39 is 0 Å². The second-order valence-electron chi connectivity index (χ2n) is 3.81. The minimum absolute atomic E-state index is 0.257. The van der Waals surface area contributed by atoms with E-state index in [0.29, 0.717) is 17.7 Å². The molecule has 1 heterocycles. The summed E-state index contributed by atoms with van der Waals surface area (Å²) in [4.78, 5) is 1.44. The zero-order valence-corrected chi connectivity index (χ0v) is 10.9. The molecule has 0 amide bonds. The van der Waals surface area contributed by atoms with Crippen molar-refractivity contribution in [1.82, 2.24) is 15.0 Å². The Hall–Kier alpha value is -1.27. The zero-order valence-electron chi connectivity index (χ0n) is 9.27. The van der Waals surface area contributed by atoms with Crippen LogP contribution in [0.3, 0.4) is 0 Å². The Morgan fingerprint density at radius 2 is 2.29 bits per heavy atom. The van der Waals surface area contributed by atoms with Crippen molar-refractivity contribution in [3.63, 3.8) is 0 Å². The minimum atomic E-state index is -0.354. The van der Waals surface area contributed by atoms with Crippen molar-refractivity contribution < 1.29 is 4.39 Å². The topological polar surface area (TPSA) is 56.7 Å². The molecule has 0 bridgehead atoms. The summed E-state index contributed by atoms with van der Waals surface area (Å²) in [6, 6.07) is 4.45. The third kappa shape index (κ3) is 2.89. The molecule has 0 spiro atoms. The first-order valence-electron chi connectivity index (χ1n) is 5.12. The summed E-state index contributed by atoms with van der Waals surface area (Å²) in [6.45, 7) is 0. The Labute approximate surface area is 107 Å². The van der Waals surface area contributed by atoms with Crippen molar-refractivity contribution in [1.29, 1.82) is 0 Å². The maximum Gasteiger partial charge on any atom is 0.126 e. The molecule has 0 fully saturated rings. The van der Waals surface area contributed by atoms with Gasteiger partial charge in [-0.15, -0.1) is 0 Å². The van der Waals surface area contributed by atoms with Crippen LogP contribution in [0.15, 0.2) is 28.9 Å². The standard InChI is InChI=1S/C11H12BrFN4/c1-17-15-6-11(16-17)10(14)5-7-4-8(12)2-3-9(7)13/h2-4,6,10H,5,14H2,1H3. The Balaban J connectivity index is 2.18. The van der Waals surface area contributed by atoms with E-state index in [-0.39, 0.29) is 11.9 Å². The highest BCUT2D eigenvalue weighted by atomic mass is 79.9. The summed E-state index contributed by atoms with van der Waals surface area (Å²) in [5, 5.41) is 8.05. The van der Waals surface area contributed by atoms with Gasteiger partial charge in [-0.3, -0.25) is 0 Å². The van der Waals surface area contributed by atoms with Gasteiger partial charge in [0.2, 0.25) is 0 Å². The van der Waals surface area contributed by atoms with E-state index in [1.165, 1.54) is 10.9 Å². The molecule has 0 radical (unpaired) electrons. The lowest BCUT2D eigenvalue weighted by Crippen LogP contribution is -2.15. The summed E-state index contributed by atoms with van der Waals surface area (Å²) >= 11 is 3.31. The Morgan fingerprint density at radius 3 is 2.94 bits per heavy atom. The van der Waals surface area contributed by atoms with Crippen molar-refractivity contribution in [3.8, 4) is 0 Å². The predicted molar refractivity (Wildman–Crippen MR) is 65.7 cm³/mol. The fraction of sp³-hybridized carbons (Fsp3) is 0.273. The maximum absolute atomic E-state index is 13.5. The van der Waals surface area contributed by atoms with Gasteiger partial charge in [0.05, 0.1) is 17.9 Å². The molecule has 1 aromatic carbocycles. The summed E-state index contributed by atoms with van der Waals surface area (Å²) in [5.74, 6) is -0.257. The Morgan fingerprint density at radius 1 is 1.53 bits per heavy atom. The third-order valence-electron chi connectivity index (χ3n) is 2.44. The van der Waals surface area contributed by atoms with Gasteiger partial charge in [-0.25, -0.2) is 4.39 Å². The number of aryl methyl sites for hydroxylation is 1. The van der Waals surface area contributed by atoms with Gasteiger partial charge in [0.15, 0.2) is 0 Å². The number of rotatable bonds is 3. The number of hydrogen-bond acceptors (Lipinski definition) is 3. The lowest BCUT2D eigenvalue weighted by atomic mass is 10.0. The van der Waals surface area contributed by atoms with Crippen LogP contribution in [0.1, 0.15) is 17.3 Å². The summed E-state index contributed by atoms with van der Waals surface area (Å²) in [5.41, 5.74) is 7.19. The van der Waals surface area contributed by atoms with E-state index in [2.05, 4.69) is 26.1 Å². The summed E-state index contributed by atoms with van der Waals surface area (Å²) < 4.78 is 14.4. The number of halogens is 2. The SMILES string of the molecule is Cn1ncc(C(N)Cc2cc(Br)ccc2F)n1. The van der Waals surface area contributed by atoms with Gasteiger partial charge in [-0.05, 0) is 30.2 Å². The van der Waals surface area contributed by atoms with Gasteiger partial charge in [-0.1, -0.05) is 15.9 Å². The van der Waals surface area contributed by atoms with Crippen LogP contribution in [0.4, 0.5) is 4.39 Å². The quantitative estimate of drug-likeness (QED) is 0.942. The normalized spacial score (nSPS) is 12.7. The first kappa shape index (κ1) is 12.2.